The van der Waals surface area contributed by atoms with Crippen LogP contribution in [0.1, 0.15) is 23.7 Å². The number of rotatable bonds is 5. The molecule has 6 heteroatoms. The number of thioether (sulfide) groups is 1. The molecule has 1 aromatic heterocycles. The average Bonchev–Trinajstić information content (AvgIpc) is 2.96. The molecule has 1 heterocycles. The first-order valence-corrected chi connectivity index (χ1v) is 9.28. The summed E-state index contributed by atoms with van der Waals surface area (Å²) in [5.41, 5.74) is 2.93. The summed E-state index contributed by atoms with van der Waals surface area (Å²) < 4.78 is 41.1. The van der Waals surface area contributed by atoms with E-state index in [0.29, 0.717) is 17.2 Å². The predicted molar refractivity (Wildman–Crippen MR) is 99.3 cm³/mol. The van der Waals surface area contributed by atoms with Crippen LogP contribution in [0.4, 0.5) is 13.2 Å². The number of halogens is 3. The number of nitrogens with zero attached hydrogens (tertiary/aromatic N) is 2. The maximum Gasteiger partial charge on any atom is 0.416 e. The van der Waals surface area contributed by atoms with Crippen molar-refractivity contribution >= 4 is 11.8 Å². The molecule has 26 heavy (non-hydrogen) atoms. The van der Waals surface area contributed by atoms with E-state index in [2.05, 4.69) is 4.98 Å². The van der Waals surface area contributed by atoms with Crippen molar-refractivity contribution in [1.82, 2.24) is 9.55 Å². The summed E-state index contributed by atoms with van der Waals surface area (Å²) >= 11 is 1.40. The zero-order valence-electron chi connectivity index (χ0n) is 14.5. The van der Waals surface area contributed by atoms with Crippen LogP contribution < -0.4 is 0 Å². The van der Waals surface area contributed by atoms with E-state index < -0.39 is 11.7 Å². The molecule has 0 aliphatic carbocycles. The van der Waals surface area contributed by atoms with Crippen molar-refractivity contribution in [3.63, 3.8) is 0 Å². The van der Waals surface area contributed by atoms with Crippen molar-refractivity contribution in [3.8, 4) is 11.3 Å². The molecule has 0 amide bonds. The largest absolute Gasteiger partial charge is 0.416 e. The first-order valence-electron chi connectivity index (χ1n) is 8.30. The molecular weight excluding hydrogens is 357 g/mol. The SMILES string of the molecule is CCSc1cc(C(F)(F)F)ccc1-c1ncn(Cc2ccccc2)c1C. The highest BCUT2D eigenvalue weighted by atomic mass is 32.2. The summed E-state index contributed by atoms with van der Waals surface area (Å²) in [4.78, 5) is 5.09. The molecule has 0 spiro atoms. The van der Waals surface area contributed by atoms with Crippen molar-refractivity contribution in [1.29, 1.82) is 0 Å². The Bertz CT molecular complexity index is 886. The Morgan fingerprint density at radius 2 is 1.81 bits per heavy atom. The monoisotopic (exact) mass is 376 g/mol. The van der Waals surface area contributed by atoms with E-state index in [-0.39, 0.29) is 0 Å². The van der Waals surface area contributed by atoms with Crippen LogP contribution in [0.15, 0.2) is 59.8 Å². The lowest BCUT2D eigenvalue weighted by Crippen LogP contribution is -2.05. The minimum Gasteiger partial charge on any atom is -0.330 e. The van der Waals surface area contributed by atoms with E-state index in [0.717, 1.165) is 28.6 Å². The van der Waals surface area contributed by atoms with E-state index >= 15 is 0 Å². The summed E-state index contributed by atoms with van der Waals surface area (Å²) in [6, 6.07) is 13.9. The van der Waals surface area contributed by atoms with Gasteiger partial charge in [-0.1, -0.05) is 43.3 Å². The maximum absolute atomic E-state index is 13.0. The molecule has 0 N–H and O–H groups in total. The van der Waals surface area contributed by atoms with Gasteiger partial charge in [0.1, 0.15) is 0 Å². The van der Waals surface area contributed by atoms with Gasteiger partial charge >= 0.3 is 6.18 Å². The van der Waals surface area contributed by atoms with E-state index in [1.807, 2.05) is 48.7 Å². The number of aromatic nitrogens is 2. The topological polar surface area (TPSA) is 17.8 Å². The van der Waals surface area contributed by atoms with Crippen LogP contribution in [0.25, 0.3) is 11.3 Å². The number of imidazole rings is 1. The van der Waals surface area contributed by atoms with Gasteiger partial charge in [0.25, 0.3) is 0 Å². The Balaban J connectivity index is 1.98. The van der Waals surface area contributed by atoms with Gasteiger partial charge in [-0.3, -0.25) is 0 Å². The lowest BCUT2D eigenvalue weighted by atomic mass is 10.1. The molecular formula is C20H19F3N2S. The Kier molecular flexibility index (Phi) is 5.41. The molecule has 0 radical (unpaired) electrons. The van der Waals surface area contributed by atoms with Crippen LogP contribution in [0.2, 0.25) is 0 Å². The summed E-state index contributed by atoms with van der Waals surface area (Å²) in [7, 11) is 0. The van der Waals surface area contributed by atoms with Crippen LogP contribution in [0.5, 0.6) is 0 Å². The minimum atomic E-state index is -4.34. The maximum atomic E-state index is 13.0. The van der Waals surface area contributed by atoms with E-state index in [1.54, 1.807) is 6.33 Å². The van der Waals surface area contributed by atoms with Crippen LogP contribution in [-0.2, 0) is 12.7 Å². The molecule has 0 atom stereocenters. The van der Waals surface area contributed by atoms with Gasteiger partial charge in [0.2, 0.25) is 0 Å². The van der Waals surface area contributed by atoms with Gasteiger partial charge in [-0.15, -0.1) is 11.8 Å². The summed E-state index contributed by atoms with van der Waals surface area (Å²) in [6.07, 6.45) is -2.60. The fourth-order valence-corrected chi connectivity index (χ4v) is 3.66. The molecule has 3 aromatic rings. The Morgan fingerprint density at radius 1 is 1.08 bits per heavy atom. The summed E-state index contributed by atoms with van der Waals surface area (Å²) in [5, 5.41) is 0. The first kappa shape index (κ1) is 18.6. The quantitative estimate of drug-likeness (QED) is 0.505. The van der Waals surface area contributed by atoms with Crippen LogP contribution in [-0.4, -0.2) is 15.3 Å². The molecule has 0 saturated heterocycles. The number of hydrogen-bond acceptors (Lipinski definition) is 2. The van der Waals surface area contributed by atoms with Gasteiger partial charge in [-0.25, -0.2) is 4.98 Å². The van der Waals surface area contributed by atoms with Crippen molar-refractivity contribution < 1.29 is 13.2 Å². The molecule has 0 bridgehead atoms. The number of hydrogen-bond donors (Lipinski definition) is 0. The second-order valence-corrected chi connectivity index (χ2v) is 7.24. The molecule has 136 valence electrons. The Morgan fingerprint density at radius 3 is 2.46 bits per heavy atom. The summed E-state index contributed by atoms with van der Waals surface area (Å²) in [6.45, 7) is 4.55. The Labute approximate surface area is 155 Å². The van der Waals surface area contributed by atoms with Crippen molar-refractivity contribution in [2.45, 2.75) is 31.5 Å². The average molecular weight is 376 g/mol. The van der Waals surface area contributed by atoms with Crippen LogP contribution >= 0.6 is 11.8 Å². The third kappa shape index (κ3) is 3.96. The second kappa shape index (κ2) is 7.58. The third-order valence-corrected chi connectivity index (χ3v) is 5.10. The second-order valence-electron chi connectivity index (χ2n) is 5.93. The minimum absolute atomic E-state index is 0.607. The molecule has 3 rings (SSSR count). The van der Waals surface area contributed by atoms with E-state index in [4.69, 9.17) is 0 Å². The lowest BCUT2D eigenvalue weighted by molar-refractivity contribution is -0.137. The molecule has 0 aliphatic rings. The zero-order chi connectivity index (χ0) is 18.7. The molecule has 0 fully saturated rings. The molecule has 0 unspecified atom stereocenters. The highest BCUT2D eigenvalue weighted by Crippen LogP contribution is 2.38. The normalized spacial score (nSPS) is 11.7. The molecule has 0 aliphatic heterocycles. The highest BCUT2D eigenvalue weighted by molar-refractivity contribution is 7.99. The summed E-state index contributed by atoms with van der Waals surface area (Å²) in [5.74, 6) is 0.693. The van der Waals surface area contributed by atoms with Crippen LogP contribution in [0, 0.1) is 6.92 Å². The van der Waals surface area contributed by atoms with Gasteiger partial charge in [0.15, 0.2) is 0 Å². The van der Waals surface area contributed by atoms with Gasteiger partial charge < -0.3 is 4.57 Å². The number of alkyl halides is 3. The molecule has 2 nitrogen and oxygen atoms in total. The first-order chi connectivity index (χ1) is 12.4. The molecule has 2 aromatic carbocycles. The lowest BCUT2D eigenvalue weighted by Gasteiger charge is -2.13. The van der Waals surface area contributed by atoms with Gasteiger partial charge in [-0.05, 0) is 30.4 Å². The van der Waals surface area contributed by atoms with Crippen LogP contribution in [0.3, 0.4) is 0 Å². The predicted octanol–water partition coefficient (Wildman–Crippen LogP) is 6.04. The smallest absolute Gasteiger partial charge is 0.330 e. The van der Waals surface area contributed by atoms with Gasteiger partial charge in [-0.2, -0.15) is 13.2 Å². The Hall–Kier alpha value is -2.21. The fourth-order valence-electron chi connectivity index (χ4n) is 2.82. The highest BCUT2D eigenvalue weighted by Gasteiger charge is 2.31. The number of benzene rings is 2. The molecule has 0 saturated carbocycles. The van der Waals surface area contributed by atoms with Crippen molar-refractivity contribution in [2.75, 3.05) is 5.75 Å². The third-order valence-electron chi connectivity index (χ3n) is 4.16. The van der Waals surface area contributed by atoms with Gasteiger partial charge in [0, 0.05) is 22.7 Å². The van der Waals surface area contributed by atoms with Gasteiger partial charge in [0.05, 0.1) is 17.6 Å². The fraction of sp³-hybridized carbons (Fsp3) is 0.250. The standard InChI is InChI=1S/C20H19F3N2S/c1-3-26-18-11-16(20(21,22)23)9-10-17(18)19-14(2)25(13-24-19)12-15-7-5-4-6-8-15/h4-11,13H,3,12H2,1-2H3. The van der Waals surface area contributed by atoms with Crippen molar-refractivity contribution in [2.24, 2.45) is 0 Å². The zero-order valence-corrected chi connectivity index (χ0v) is 15.4. The van der Waals surface area contributed by atoms with Crippen molar-refractivity contribution in [3.05, 3.63) is 71.7 Å². The van der Waals surface area contributed by atoms with E-state index in [1.165, 1.54) is 23.9 Å². The van der Waals surface area contributed by atoms with E-state index in [9.17, 15) is 13.2 Å².